The maximum absolute atomic E-state index is 12.3. The van der Waals surface area contributed by atoms with Gasteiger partial charge in [-0.3, -0.25) is 4.79 Å². The van der Waals surface area contributed by atoms with E-state index in [9.17, 15) is 4.79 Å². The molecule has 1 aliphatic rings. The molecule has 0 aliphatic carbocycles. The highest BCUT2D eigenvalue weighted by Gasteiger charge is 2.21. The second-order valence-electron chi connectivity index (χ2n) is 5.19. The van der Waals surface area contributed by atoms with Crippen LogP contribution in [0.2, 0.25) is 0 Å². The number of Topliss-reactive ketones (excluding diaryl/α,β-unsaturated/α-hetero) is 1. The summed E-state index contributed by atoms with van der Waals surface area (Å²) in [6.45, 7) is 4.16. The van der Waals surface area contributed by atoms with Gasteiger partial charge >= 0.3 is 0 Å². The van der Waals surface area contributed by atoms with E-state index in [2.05, 4.69) is 24.4 Å². The molecule has 2 heteroatoms. The lowest BCUT2D eigenvalue weighted by molar-refractivity contribution is 0.0895. The van der Waals surface area contributed by atoms with Crippen LogP contribution in [0.25, 0.3) is 0 Å². The molecule has 0 aromatic heterocycles. The van der Waals surface area contributed by atoms with Gasteiger partial charge in [0.25, 0.3) is 0 Å². The Kier molecular flexibility index (Phi) is 4.94. The van der Waals surface area contributed by atoms with Crippen LogP contribution in [0.4, 0.5) is 0 Å². The Balaban J connectivity index is 1.97. The molecular weight excluding hydrogens is 222 g/mol. The molecule has 0 atom stereocenters. The molecule has 0 bridgehead atoms. The third kappa shape index (κ3) is 3.42. The number of nitrogens with one attached hydrogen (secondary N) is 1. The summed E-state index contributed by atoms with van der Waals surface area (Å²) in [6, 6.07) is 8.25. The first-order valence-electron chi connectivity index (χ1n) is 7.15. The highest BCUT2D eigenvalue weighted by atomic mass is 16.1. The van der Waals surface area contributed by atoms with Gasteiger partial charge in [0.15, 0.2) is 5.78 Å². The minimum absolute atomic E-state index is 0.229. The van der Waals surface area contributed by atoms with Crippen LogP contribution in [0.3, 0.4) is 0 Å². The van der Waals surface area contributed by atoms with Crippen molar-refractivity contribution in [1.82, 2.24) is 5.32 Å². The highest BCUT2D eigenvalue weighted by molar-refractivity contribution is 5.97. The third-order valence-electron chi connectivity index (χ3n) is 3.77. The van der Waals surface area contributed by atoms with E-state index in [1.807, 2.05) is 12.1 Å². The number of rotatable bonds is 5. The maximum Gasteiger partial charge on any atom is 0.166 e. The number of ketones is 1. The first-order chi connectivity index (χ1) is 8.81. The molecule has 18 heavy (non-hydrogen) atoms. The Morgan fingerprint density at radius 1 is 1.22 bits per heavy atom. The van der Waals surface area contributed by atoms with Crippen LogP contribution >= 0.6 is 0 Å². The molecule has 2 rings (SSSR count). The summed E-state index contributed by atoms with van der Waals surface area (Å²) >= 11 is 0. The molecular formula is C16H23NO. The van der Waals surface area contributed by atoms with Gasteiger partial charge < -0.3 is 5.32 Å². The first kappa shape index (κ1) is 13.3. The molecule has 0 saturated carbocycles. The monoisotopic (exact) mass is 245 g/mol. The fourth-order valence-corrected chi connectivity index (χ4v) is 2.54. The van der Waals surface area contributed by atoms with Crippen molar-refractivity contribution in [2.45, 2.75) is 39.0 Å². The van der Waals surface area contributed by atoms with Crippen molar-refractivity contribution in [1.29, 1.82) is 0 Å². The van der Waals surface area contributed by atoms with Crippen LogP contribution in [-0.4, -0.2) is 18.9 Å². The van der Waals surface area contributed by atoms with Crippen LogP contribution in [-0.2, 0) is 6.42 Å². The minimum Gasteiger partial charge on any atom is -0.317 e. The predicted molar refractivity (Wildman–Crippen MR) is 75.0 cm³/mol. The van der Waals surface area contributed by atoms with Crippen LogP contribution in [0, 0.1) is 5.92 Å². The Morgan fingerprint density at radius 3 is 2.50 bits per heavy atom. The topological polar surface area (TPSA) is 29.1 Å². The van der Waals surface area contributed by atoms with E-state index in [0.717, 1.165) is 37.9 Å². The molecule has 1 N–H and O–H groups in total. The largest absolute Gasteiger partial charge is 0.317 e. The molecule has 98 valence electrons. The Hall–Kier alpha value is -1.15. The Bertz CT molecular complexity index is 377. The summed E-state index contributed by atoms with van der Waals surface area (Å²) in [5, 5.41) is 3.30. The van der Waals surface area contributed by atoms with Gasteiger partial charge in [-0.05, 0) is 44.3 Å². The van der Waals surface area contributed by atoms with Crippen LogP contribution in [0.1, 0.15) is 48.5 Å². The van der Waals surface area contributed by atoms with E-state index in [1.54, 1.807) is 0 Å². The van der Waals surface area contributed by atoms with Crippen molar-refractivity contribution < 1.29 is 4.79 Å². The standard InChI is InChI=1S/C16H23NO/c1-2-3-4-13-5-7-14(8-6-13)16(18)15-9-11-17-12-10-15/h5-8,15,17H,2-4,9-12H2,1H3. The normalized spacial score (nSPS) is 16.7. The molecule has 0 unspecified atom stereocenters. The molecule has 1 aromatic carbocycles. The van der Waals surface area contributed by atoms with Crippen molar-refractivity contribution >= 4 is 5.78 Å². The Morgan fingerprint density at radius 2 is 1.89 bits per heavy atom. The number of hydrogen-bond acceptors (Lipinski definition) is 2. The van der Waals surface area contributed by atoms with Crippen molar-refractivity contribution in [2.75, 3.05) is 13.1 Å². The van der Waals surface area contributed by atoms with E-state index >= 15 is 0 Å². The summed E-state index contributed by atoms with van der Waals surface area (Å²) in [4.78, 5) is 12.3. The zero-order chi connectivity index (χ0) is 12.8. The molecule has 0 radical (unpaired) electrons. The van der Waals surface area contributed by atoms with Crippen molar-refractivity contribution in [3.05, 3.63) is 35.4 Å². The predicted octanol–water partition coefficient (Wildman–Crippen LogP) is 3.21. The van der Waals surface area contributed by atoms with Gasteiger partial charge in [-0.1, -0.05) is 37.6 Å². The molecule has 1 fully saturated rings. The fourth-order valence-electron chi connectivity index (χ4n) is 2.54. The molecule has 2 nitrogen and oxygen atoms in total. The van der Waals surface area contributed by atoms with Crippen LogP contribution < -0.4 is 5.32 Å². The molecule has 0 spiro atoms. The summed E-state index contributed by atoms with van der Waals surface area (Å²) in [7, 11) is 0. The van der Waals surface area contributed by atoms with E-state index in [4.69, 9.17) is 0 Å². The van der Waals surface area contributed by atoms with E-state index in [0.29, 0.717) is 5.78 Å². The summed E-state index contributed by atoms with van der Waals surface area (Å²) < 4.78 is 0. The zero-order valence-corrected chi connectivity index (χ0v) is 11.2. The lowest BCUT2D eigenvalue weighted by Crippen LogP contribution is -2.31. The van der Waals surface area contributed by atoms with Gasteiger partial charge in [-0.15, -0.1) is 0 Å². The van der Waals surface area contributed by atoms with Gasteiger partial charge in [0, 0.05) is 11.5 Å². The Labute approximate surface area is 110 Å². The van der Waals surface area contributed by atoms with Gasteiger partial charge in [-0.25, -0.2) is 0 Å². The minimum atomic E-state index is 0.229. The number of aryl methyl sites for hydroxylation is 1. The van der Waals surface area contributed by atoms with Crippen molar-refractivity contribution in [3.63, 3.8) is 0 Å². The van der Waals surface area contributed by atoms with E-state index < -0.39 is 0 Å². The van der Waals surface area contributed by atoms with Crippen molar-refractivity contribution in [2.24, 2.45) is 5.92 Å². The number of piperidine rings is 1. The fraction of sp³-hybridized carbons (Fsp3) is 0.562. The number of hydrogen-bond donors (Lipinski definition) is 1. The number of unbranched alkanes of at least 4 members (excludes halogenated alkanes) is 1. The average Bonchev–Trinajstić information content (AvgIpc) is 2.46. The molecule has 1 aliphatic heterocycles. The van der Waals surface area contributed by atoms with Crippen LogP contribution in [0.5, 0.6) is 0 Å². The SMILES string of the molecule is CCCCc1ccc(C(=O)C2CCNCC2)cc1. The summed E-state index contributed by atoms with van der Waals surface area (Å²) in [5.41, 5.74) is 2.24. The highest BCUT2D eigenvalue weighted by Crippen LogP contribution is 2.19. The molecule has 1 saturated heterocycles. The van der Waals surface area contributed by atoms with Crippen LogP contribution in [0.15, 0.2) is 24.3 Å². The second-order valence-corrected chi connectivity index (χ2v) is 5.19. The van der Waals surface area contributed by atoms with E-state index in [-0.39, 0.29) is 5.92 Å². The first-order valence-corrected chi connectivity index (χ1v) is 7.15. The lowest BCUT2D eigenvalue weighted by Gasteiger charge is -2.21. The number of benzene rings is 1. The smallest absolute Gasteiger partial charge is 0.166 e. The van der Waals surface area contributed by atoms with E-state index in [1.165, 1.54) is 18.4 Å². The molecule has 1 aromatic rings. The second kappa shape index (κ2) is 6.69. The third-order valence-corrected chi connectivity index (χ3v) is 3.77. The summed E-state index contributed by atoms with van der Waals surface area (Å²) in [6.07, 6.45) is 5.53. The van der Waals surface area contributed by atoms with Gasteiger partial charge in [0.1, 0.15) is 0 Å². The number of carbonyl (C=O) groups excluding carboxylic acids is 1. The van der Waals surface area contributed by atoms with Gasteiger partial charge in [0.05, 0.1) is 0 Å². The zero-order valence-electron chi connectivity index (χ0n) is 11.2. The quantitative estimate of drug-likeness (QED) is 0.807. The maximum atomic E-state index is 12.3. The molecule has 1 heterocycles. The lowest BCUT2D eigenvalue weighted by atomic mass is 9.89. The van der Waals surface area contributed by atoms with Gasteiger partial charge in [0.2, 0.25) is 0 Å². The average molecular weight is 245 g/mol. The van der Waals surface area contributed by atoms with Crippen molar-refractivity contribution in [3.8, 4) is 0 Å². The number of carbonyl (C=O) groups is 1. The molecule has 0 amide bonds. The summed E-state index contributed by atoms with van der Waals surface area (Å²) in [5.74, 6) is 0.561. The van der Waals surface area contributed by atoms with Gasteiger partial charge in [-0.2, -0.15) is 0 Å².